The van der Waals surface area contributed by atoms with E-state index in [4.69, 9.17) is 4.74 Å². The van der Waals surface area contributed by atoms with Crippen molar-refractivity contribution in [2.75, 3.05) is 23.0 Å². The van der Waals surface area contributed by atoms with E-state index in [9.17, 15) is 24.5 Å². The van der Waals surface area contributed by atoms with Gasteiger partial charge in [0.1, 0.15) is 12.2 Å². The van der Waals surface area contributed by atoms with Crippen LogP contribution >= 0.6 is 23.1 Å². The van der Waals surface area contributed by atoms with Gasteiger partial charge in [0.15, 0.2) is 4.34 Å². The van der Waals surface area contributed by atoms with Crippen LogP contribution in [0.1, 0.15) is 24.2 Å². The molecule has 2 amide bonds. The molecule has 0 atom stereocenters. The third-order valence-electron chi connectivity index (χ3n) is 4.00. The lowest BCUT2D eigenvalue weighted by Crippen LogP contribution is -2.15. The van der Waals surface area contributed by atoms with Gasteiger partial charge in [-0.05, 0) is 30.3 Å². The Kier molecular flexibility index (Phi) is 7.38. The van der Waals surface area contributed by atoms with E-state index in [0.717, 1.165) is 14.6 Å². The second-order valence-corrected chi connectivity index (χ2v) is 8.85. The summed E-state index contributed by atoms with van der Waals surface area (Å²) >= 11 is 2.86. The van der Waals surface area contributed by atoms with Crippen LogP contribution in [0.25, 0.3) is 10.2 Å². The quantitative estimate of drug-likeness (QED) is 0.164. The SMILES string of the molecule is CC(=O)Nc1ccc([N+](=O)[O-])c(C(=O)Nc2ccc3nc(SCCOC(C)=O)sc3c2)c1. The number of ether oxygens (including phenoxy) is 1. The van der Waals surface area contributed by atoms with E-state index >= 15 is 0 Å². The first-order chi connectivity index (χ1) is 15.2. The molecule has 0 aliphatic carbocycles. The Morgan fingerprint density at radius 1 is 1.12 bits per heavy atom. The number of nitro groups is 1. The van der Waals surface area contributed by atoms with E-state index < -0.39 is 10.8 Å². The van der Waals surface area contributed by atoms with Gasteiger partial charge < -0.3 is 15.4 Å². The fourth-order valence-electron chi connectivity index (χ4n) is 2.71. The Morgan fingerprint density at radius 3 is 2.53 bits per heavy atom. The number of carbonyl (C=O) groups excluding carboxylic acids is 3. The summed E-state index contributed by atoms with van der Waals surface area (Å²) in [7, 11) is 0. The number of carbonyl (C=O) groups is 3. The predicted molar refractivity (Wildman–Crippen MR) is 122 cm³/mol. The van der Waals surface area contributed by atoms with Crippen LogP contribution in [-0.2, 0) is 14.3 Å². The van der Waals surface area contributed by atoms with Crippen LogP contribution in [0, 0.1) is 10.1 Å². The summed E-state index contributed by atoms with van der Waals surface area (Å²) < 4.78 is 6.50. The Balaban J connectivity index is 1.77. The van der Waals surface area contributed by atoms with Crippen LogP contribution in [-0.4, -0.2) is 40.1 Å². The van der Waals surface area contributed by atoms with E-state index in [2.05, 4.69) is 15.6 Å². The van der Waals surface area contributed by atoms with E-state index in [1.165, 1.54) is 55.1 Å². The summed E-state index contributed by atoms with van der Waals surface area (Å²) in [4.78, 5) is 50.0. The fourth-order valence-corrected chi connectivity index (χ4v) is 4.71. The normalized spacial score (nSPS) is 10.6. The topological polar surface area (TPSA) is 141 Å². The summed E-state index contributed by atoms with van der Waals surface area (Å²) in [5.74, 6) is -0.804. The summed E-state index contributed by atoms with van der Waals surface area (Å²) in [6.45, 7) is 2.94. The first-order valence-electron chi connectivity index (χ1n) is 9.27. The minimum absolute atomic E-state index is 0.174. The molecule has 0 aliphatic rings. The number of nitrogens with one attached hydrogen (secondary N) is 2. The number of esters is 1. The van der Waals surface area contributed by atoms with Gasteiger partial charge in [-0.2, -0.15) is 0 Å². The maximum atomic E-state index is 12.8. The monoisotopic (exact) mass is 474 g/mol. The molecule has 3 rings (SSSR count). The number of amides is 2. The highest BCUT2D eigenvalue weighted by Crippen LogP contribution is 2.32. The van der Waals surface area contributed by atoms with Gasteiger partial charge in [0, 0.05) is 37.0 Å². The molecule has 1 aromatic heterocycles. The molecule has 0 unspecified atom stereocenters. The van der Waals surface area contributed by atoms with Crippen molar-refractivity contribution >= 4 is 68.2 Å². The highest BCUT2D eigenvalue weighted by molar-refractivity contribution is 8.01. The van der Waals surface area contributed by atoms with Crippen LogP contribution in [0.3, 0.4) is 0 Å². The van der Waals surface area contributed by atoms with Crippen molar-refractivity contribution in [2.24, 2.45) is 0 Å². The number of anilines is 2. The maximum absolute atomic E-state index is 12.8. The Bertz CT molecular complexity index is 1210. The molecule has 0 saturated heterocycles. The lowest BCUT2D eigenvalue weighted by molar-refractivity contribution is -0.385. The van der Waals surface area contributed by atoms with E-state index in [-0.39, 0.29) is 35.4 Å². The lowest BCUT2D eigenvalue weighted by Gasteiger charge is -2.08. The van der Waals surface area contributed by atoms with Crippen molar-refractivity contribution in [2.45, 2.75) is 18.2 Å². The van der Waals surface area contributed by atoms with Gasteiger partial charge in [-0.1, -0.05) is 11.8 Å². The molecule has 0 radical (unpaired) electrons. The maximum Gasteiger partial charge on any atom is 0.302 e. The average Bonchev–Trinajstić information content (AvgIpc) is 3.12. The van der Waals surface area contributed by atoms with Crippen molar-refractivity contribution in [3.8, 4) is 0 Å². The van der Waals surface area contributed by atoms with Gasteiger partial charge in [0.25, 0.3) is 11.6 Å². The number of thiazole rings is 1. The van der Waals surface area contributed by atoms with Gasteiger partial charge >= 0.3 is 5.97 Å². The number of fused-ring (bicyclic) bond motifs is 1. The molecule has 2 N–H and O–H groups in total. The number of aromatic nitrogens is 1. The molecular formula is C20H18N4O6S2. The van der Waals surface area contributed by atoms with Crippen molar-refractivity contribution in [3.63, 3.8) is 0 Å². The molecule has 0 spiro atoms. The molecule has 12 heteroatoms. The molecule has 2 aromatic carbocycles. The van der Waals surface area contributed by atoms with Crippen LogP contribution in [0.4, 0.5) is 17.1 Å². The minimum atomic E-state index is -0.677. The number of hydrogen-bond acceptors (Lipinski definition) is 9. The van der Waals surface area contributed by atoms with E-state index in [0.29, 0.717) is 11.4 Å². The molecule has 10 nitrogen and oxygen atoms in total. The van der Waals surface area contributed by atoms with Crippen molar-refractivity contribution in [1.29, 1.82) is 0 Å². The molecule has 0 bridgehead atoms. The van der Waals surface area contributed by atoms with Crippen LogP contribution in [0.5, 0.6) is 0 Å². The standard InChI is InChI=1S/C20H18N4O6S2/c1-11(25)21-13-4-6-17(24(28)29)15(9-13)19(27)22-14-3-5-16-18(10-14)32-20(23-16)31-8-7-30-12(2)26/h3-6,9-10H,7-8H2,1-2H3,(H,21,25)(H,22,27). The molecule has 0 fully saturated rings. The summed E-state index contributed by atoms with van der Waals surface area (Å²) in [5.41, 5.74) is 0.916. The molecule has 0 aliphatic heterocycles. The third-order valence-corrected chi connectivity index (χ3v) is 6.12. The van der Waals surface area contributed by atoms with E-state index in [1.807, 2.05) is 0 Å². The number of nitrogens with zero attached hydrogens (tertiary/aromatic N) is 2. The second-order valence-electron chi connectivity index (χ2n) is 6.48. The van der Waals surface area contributed by atoms with Crippen molar-refractivity contribution in [3.05, 3.63) is 52.1 Å². The van der Waals surface area contributed by atoms with Gasteiger partial charge in [-0.15, -0.1) is 11.3 Å². The average molecular weight is 475 g/mol. The van der Waals surface area contributed by atoms with Crippen molar-refractivity contribution < 1.29 is 24.0 Å². The molecular weight excluding hydrogens is 456 g/mol. The molecule has 32 heavy (non-hydrogen) atoms. The largest absolute Gasteiger partial charge is 0.465 e. The molecule has 3 aromatic rings. The van der Waals surface area contributed by atoms with Gasteiger partial charge in [-0.25, -0.2) is 4.98 Å². The zero-order valence-corrected chi connectivity index (χ0v) is 18.7. The first kappa shape index (κ1) is 23.2. The zero-order chi connectivity index (χ0) is 23.3. The number of hydrogen-bond donors (Lipinski definition) is 2. The van der Waals surface area contributed by atoms with Gasteiger partial charge in [-0.3, -0.25) is 24.5 Å². The lowest BCUT2D eigenvalue weighted by atomic mass is 10.1. The van der Waals surface area contributed by atoms with Crippen LogP contribution in [0.2, 0.25) is 0 Å². The summed E-state index contributed by atoms with van der Waals surface area (Å²) in [6.07, 6.45) is 0. The number of rotatable bonds is 8. The number of nitro benzene ring substituents is 1. The first-order valence-corrected chi connectivity index (χ1v) is 11.1. The van der Waals surface area contributed by atoms with E-state index in [1.54, 1.807) is 18.2 Å². The zero-order valence-electron chi connectivity index (χ0n) is 17.0. The van der Waals surface area contributed by atoms with Crippen LogP contribution in [0.15, 0.2) is 40.7 Å². The summed E-state index contributed by atoms with van der Waals surface area (Å²) in [5, 5.41) is 16.5. The molecule has 0 saturated carbocycles. The highest BCUT2D eigenvalue weighted by Gasteiger charge is 2.21. The van der Waals surface area contributed by atoms with Gasteiger partial charge in [0.2, 0.25) is 5.91 Å². The Hall–Kier alpha value is -3.51. The third kappa shape index (κ3) is 6.02. The van der Waals surface area contributed by atoms with Gasteiger partial charge in [0.05, 0.1) is 15.1 Å². The smallest absolute Gasteiger partial charge is 0.302 e. The molecule has 1 heterocycles. The number of benzene rings is 2. The predicted octanol–water partition coefficient (Wildman–Crippen LogP) is 4.07. The number of thioether (sulfide) groups is 1. The highest BCUT2D eigenvalue weighted by atomic mass is 32.2. The van der Waals surface area contributed by atoms with Crippen LogP contribution < -0.4 is 10.6 Å². The Morgan fingerprint density at radius 2 is 1.84 bits per heavy atom. The van der Waals surface area contributed by atoms with Crippen molar-refractivity contribution in [1.82, 2.24) is 4.98 Å². The Labute approximate surface area is 190 Å². The fraction of sp³-hybridized carbons (Fsp3) is 0.200. The summed E-state index contributed by atoms with van der Waals surface area (Å²) in [6, 6.07) is 8.91. The second kappa shape index (κ2) is 10.2. The molecule has 166 valence electrons. The minimum Gasteiger partial charge on any atom is -0.465 e.